The Morgan fingerprint density at radius 1 is 0.389 bits per heavy atom. The summed E-state index contributed by atoms with van der Waals surface area (Å²) in [4.78, 5) is 50.0. The molecule has 0 aliphatic heterocycles. The Bertz CT molecular complexity index is 1400. The fourth-order valence-corrected chi connectivity index (χ4v) is 3.55. The predicted octanol–water partition coefficient (Wildman–Crippen LogP) is 4.31. The molecule has 4 aromatic rings. The lowest BCUT2D eigenvalue weighted by Gasteiger charge is -2.10. The minimum Gasteiger partial charge on any atom is -0.508 e. The quantitative estimate of drug-likeness (QED) is 0.225. The van der Waals surface area contributed by atoms with Crippen LogP contribution in [0.15, 0.2) is 84.9 Å². The topological polar surface area (TPSA) is 149 Å². The van der Waals surface area contributed by atoms with Gasteiger partial charge in [-0.3, -0.25) is 19.2 Å². The van der Waals surface area contributed by atoms with Gasteiger partial charge < -0.3 is 20.4 Å². The third-order valence-electron chi connectivity index (χ3n) is 5.48. The third kappa shape index (κ3) is 4.69. The number of hydrogen-bond donors (Lipinski definition) is 4. The number of carbonyl (C=O) groups excluding carboxylic acids is 4. The highest BCUT2D eigenvalue weighted by molar-refractivity contribution is 6.49. The molecule has 0 radical (unpaired) electrons. The zero-order chi connectivity index (χ0) is 26.0. The summed E-state index contributed by atoms with van der Waals surface area (Å²) in [5.74, 6) is -4.31. The summed E-state index contributed by atoms with van der Waals surface area (Å²) < 4.78 is 0. The van der Waals surface area contributed by atoms with Gasteiger partial charge in [0.15, 0.2) is 0 Å². The molecule has 0 atom stereocenters. The molecule has 0 spiro atoms. The number of carbonyl (C=O) groups is 4. The smallest absolute Gasteiger partial charge is 0.233 e. The molecule has 8 heteroatoms. The molecule has 0 aliphatic carbocycles. The Morgan fingerprint density at radius 2 is 0.667 bits per heavy atom. The second kappa shape index (κ2) is 9.55. The van der Waals surface area contributed by atoms with Crippen molar-refractivity contribution >= 4 is 23.1 Å². The molecule has 0 aliphatic rings. The summed E-state index contributed by atoms with van der Waals surface area (Å²) in [6.07, 6.45) is 0. The summed E-state index contributed by atoms with van der Waals surface area (Å²) in [6, 6.07) is 17.8. The van der Waals surface area contributed by atoms with E-state index in [2.05, 4.69) is 0 Å². The van der Waals surface area contributed by atoms with Gasteiger partial charge in [-0.2, -0.15) is 0 Å². The van der Waals surface area contributed by atoms with Crippen molar-refractivity contribution in [3.63, 3.8) is 0 Å². The molecule has 0 amide bonds. The number of hydrogen-bond acceptors (Lipinski definition) is 8. The first-order valence-electron chi connectivity index (χ1n) is 10.6. The highest BCUT2D eigenvalue weighted by atomic mass is 16.3. The lowest BCUT2D eigenvalue weighted by molar-refractivity contribution is 0.0816. The fraction of sp³-hybridized carbons (Fsp3) is 0. The summed E-state index contributed by atoms with van der Waals surface area (Å²) in [6.45, 7) is 0. The van der Waals surface area contributed by atoms with Gasteiger partial charge in [-0.05, 0) is 72.8 Å². The maximum absolute atomic E-state index is 12.6. The van der Waals surface area contributed by atoms with Crippen LogP contribution in [0.1, 0.15) is 41.4 Å². The van der Waals surface area contributed by atoms with Crippen molar-refractivity contribution in [3.8, 4) is 34.1 Å². The van der Waals surface area contributed by atoms with Crippen LogP contribution in [0.25, 0.3) is 11.1 Å². The van der Waals surface area contributed by atoms with Gasteiger partial charge in [0, 0.05) is 33.4 Å². The second-order valence-electron chi connectivity index (χ2n) is 7.87. The van der Waals surface area contributed by atoms with E-state index in [1.807, 2.05) is 0 Å². The SMILES string of the molecule is O=C(C(=O)c1ccc(-c2ccc(C(=O)C(=O)c3ccc(O)cc3)cc2O)c(O)c1)c1ccc(O)cc1. The third-order valence-corrected chi connectivity index (χ3v) is 5.48. The molecular weight excluding hydrogens is 464 g/mol. The molecule has 4 rings (SSSR count). The molecule has 178 valence electrons. The minimum absolute atomic E-state index is 0.0572. The van der Waals surface area contributed by atoms with Crippen molar-refractivity contribution in [2.24, 2.45) is 0 Å². The van der Waals surface area contributed by atoms with E-state index in [9.17, 15) is 39.6 Å². The number of rotatable bonds is 7. The molecule has 8 nitrogen and oxygen atoms in total. The van der Waals surface area contributed by atoms with Crippen molar-refractivity contribution in [1.29, 1.82) is 0 Å². The normalized spacial score (nSPS) is 10.6. The van der Waals surface area contributed by atoms with E-state index in [4.69, 9.17) is 0 Å². The van der Waals surface area contributed by atoms with Gasteiger partial charge in [0.25, 0.3) is 0 Å². The largest absolute Gasteiger partial charge is 0.508 e. The molecular formula is C28H18O8. The van der Waals surface area contributed by atoms with Crippen molar-refractivity contribution < 1.29 is 39.6 Å². The van der Waals surface area contributed by atoms with Crippen molar-refractivity contribution in [2.75, 3.05) is 0 Å². The second-order valence-corrected chi connectivity index (χ2v) is 7.87. The average molecular weight is 482 g/mol. The number of Topliss-reactive ketones (excluding diaryl/α,β-unsaturated/α-hetero) is 4. The van der Waals surface area contributed by atoms with Crippen molar-refractivity contribution in [3.05, 3.63) is 107 Å². The van der Waals surface area contributed by atoms with E-state index in [-0.39, 0.29) is 44.9 Å². The molecule has 0 unspecified atom stereocenters. The van der Waals surface area contributed by atoms with Gasteiger partial charge >= 0.3 is 0 Å². The summed E-state index contributed by atoms with van der Waals surface area (Å²) in [5.41, 5.74) is 0.234. The van der Waals surface area contributed by atoms with Crippen molar-refractivity contribution in [2.45, 2.75) is 0 Å². The molecule has 0 saturated heterocycles. The van der Waals surface area contributed by atoms with Gasteiger partial charge in [0.2, 0.25) is 23.1 Å². The van der Waals surface area contributed by atoms with E-state index in [0.29, 0.717) is 0 Å². The molecule has 0 saturated carbocycles. The molecule has 4 N–H and O–H groups in total. The van der Waals surface area contributed by atoms with Gasteiger partial charge in [-0.1, -0.05) is 12.1 Å². The summed E-state index contributed by atoms with van der Waals surface area (Å²) in [5, 5.41) is 39.7. The molecule has 0 heterocycles. The van der Waals surface area contributed by atoms with E-state index in [0.717, 1.165) is 12.1 Å². The zero-order valence-electron chi connectivity index (χ0n) is 18.5. The first-order chi connectivity index (χ1) is 17.2. The van der Waals surface area contributed by atoms with Gasteiger partial charge in [-0.25, -0.2) is 0 Å². The molecule has 0 fully saturated rings. The van der Waals surface area contributed by atoms with Crippen LogP contribution in [0.2, 0.25) is 0 Å². The van der Waals surface area contributed by atoms with Crippen LogP contribution in [-0.4, -0.2) is 43.6 Å². The number of aromatic hydroxyl groups is 4. The van der Waals surface area contributed by atoms with Crippen molar-refractivity contribution in [1.82, 2.24) is 0 Å². The number of phenolic OH excluding ortho intramolecular Hbond substituents is 4. The highest BCUT2D eigenvalue weighted by Crippen LogP contribution is 2.36. The zero-order valence-corrected chi connectivity index (χ0v) is 18.5. The highest BCUT2D eigenvalue weighted by Gasteiger charge is 2.22. The number of phenols is 4. The van der Waals surface area contributed by atoms with Crippen LogP contribution in [-0.2, 0) is 0 Å². The Morgan fingerprint density at radius 3 is 0.972 bits per heavy atom. The Hall–Kier alpha value is -5.24. The molecule has 36 heavy (non-hydrogen) atoms. The Labute approximate surface area is 204 Å². The predicted molar refractivity (Wildman–Crippen MR) is 129 cm³/mol. The summed E-state index contributed by atoms with van der Waals surface area (Å²) >= 11 is 0. The number of ketones is 4. The average Bonchev–Trinajstić information content (AvgIpc) is 2.88. The summed E-state index contributed by atoms with van der Waals surface area (Å²) in [7, 11) is 0. The first-order valence-corrected chi connectivity index (χ1v) is 10.6. The van der Waals surface area contributed by atoms with Crippen LogP contribution in [0, 0.1) is 0 Å². The van der Waals surface area contributed by atoms with Gasteiger partial charge in [0.1, 0.15) is 23.0 Å². The van der Waals surface area contributed by atoms with Crippen LogP contribution < -0.4 is 0 Å². The minimum atomic E-state index is -0.875. The molecule has 0 aromatic heterocycles. The van der Waals surface area contributed by atoms with E-state index < -0.39 is 34.6 Å². The fourth-order valence-electron chi connectivity index (χ4n) is 3.55. The van der Waals surface area contributed by atoms with E-state index >= 15 is 0 Å². The maximum atomic E-state index is 12.6. The monoisotopic (exact) mass is 482 g/mol. The lowest BCUT2D eigenvalue weighted by atomic mass is 9.95. The first kappa shape index (κ1) is 23.9. The van der Waals surface area contributed by atoms with Crippen LogP contribution in [0.5, 0.6) is 23.0 Å². The van der Waals surface area contributed by atoms with E-state index in [1.165, 1.54) is 72.8 Å². The lowest BCUT2D eigenvalue weighted by Crippen LogP contribution is -2.14. The van der Waals surface area contributed by atoms with Gasteiger partial charge in [-0.15, -0.1) is 0 Å². The molecule has 4 aromatic carbocycles. The maximum Gasteiger partial charge on any atom is 0.233 e. The standard InChI is InChI=1S/C28H18O8/c29-19-7-1-15(2-8-19)25(33)27(35)17-5-11-21(23(31)13-17)22-12-6-18(14-24(22)32)28(36)26(34)16-3-9-20(30)10-4-16/h1-14,29-32H. The van der Waals surface area contributed by atoms with E-state index in [1.54, 1.807) is 0 Å². The van der Waals surface area contributed by atoms with Crippen LogP contribution in [0.4, 0.5) is 0 Å². The Balaban J connectivity index is 1.57. The van der Waals surface area contributed by atoms with Crippen LogP contribution in [0.3, 0.4) is 0 Å². The van der Waals surface area contributed by atoms with Gasteiger partial charge in [0.05, 0.1) is 0 Å². The number of benzene rings is 4. The van der Waals surface area contributed by atoms with Crippen LogP contribution >= 0.6 is 0 Å². The Kier molecular flexibility index (Phi) is 6.34. The molecule has 0 bridgehead atoms.